The molecule has 1 N–H and O–H groups in total. The Labute approximate surface area is 124 Å². The van der Waals surface area contributed by atoms with Crippen molar-refractivity contribution in [3.8, 4) is 11.6 Å². The number of carboxylic acid groups (broad SMARTS) is 1. The van der Waals surface area contributed by atoms with Gasteiger partial charge >= 0.3 is 5.97 Å². The van der Waals surface area contributed by atoms with E-state index in [1.807, 2.05) is 6.92 Å². The van der Waals surface area contributed by atoms with E-state index >= 15 is 0 Å². The van der Waals surface area contributed by atoms with E-state index in [9.17, 15) is 9.59 Å². The zero-order valence-corrected chi connectivity index (χ0v) is 12.0. The maximum atomic E-state index is 11.3. The van der Waals surface area contributed by atoms with Crippen LogP contribution in [-0.4, -0.2) is 38.0 Å². The van der Waals surface area contributed by atoms with Crippen molar-refractivity contribution in [2.45, 2.75) is 12.1 Å². The van der Waals surface area contributed by atoms with Gasteiger partial charge in [0.2, 0.25) is 5.88 Å². The zero-order chi connectivity index (χ0) is 15.2. The molecule has 0 aromatic carbocycles. The number of nitrogens with zero attached hydrogens (tertiary/aromatic N) is 3. The second-order valence-electron chi connectivity index (χ2n) is 3.89. The minimum Gasteiger partial charge on any atom is -0.481 e. The van der Waals surface area contributed by atoms with Crippen LogP contribution in [0, 0.1) is 0 Å². The van der Waals surface area contributed by atoms with Crippen LogP contribution in [0.3, 0.4) is 0 Å². The molecule has 0 amide bonds. The Morgan fingerprint density at radius 1 is 1.43 bits per heavy atom. The lowest BCUT2D eigenvalue weighted by atomic mass is 10.4. The molecule has 0 saturated carbocycles. The highest BCUT2D eigenvalue weighted by atomic mass is 32.2. The first kappa shape index (κ1) is 15.0. The Balaban J connectivity index is 2.33. The normalized spacial score (nSPS) is 10.3. The summed E-state index contributed by atoms with van der Waals surface area (Å²) >= 11 is 0.972. The second-order valence-corrected chi connectivity index (χ2v) is 4.83. The Morgan fingerprint density at radius 2 is 2.24 bits per heavy atom. The van der Waals surface area contributed by atoms with E-state index in [2.05, 4.69) is 9.97 Å². The molecule has 8 heteroatoms. The molecule has 2 aromatic heterocycles. The van der Waals surface area contributed by atoms with Crippen molar-refractivity contribution in [1.29, 1.82) is 0 Å². The first-order valence-corrected chi connectivity index (χ1v) is 7.12. The zero-order valence-electron chi connectivity index (χ0n) is 11.2. The van der Waals surface area contributed by atoms with Gasteiger partial charge in [0.1, 0.15) is 0 Å². The van der Waals surface area contributed by atoms with Gasteiger partial charge in [0.15, 0.2) is 5.16 Å². The summed E-state index contributed by atoms with van der Waals surface area (Å²) in [6.45, 7) is 2.38. The SMILES string of the molecule is CCOc1ccc(-n2ccc(=O)nc2SCC(=O)O)cn1. The number of aliphatic carboxylic acids is 1. The molecule has 0 saturated heterocycles. The van der Waals surface area contributed by atoms with Gasteiger partial charge in [-0.1, -0.05) is 11.8 Å². The summed E-state index contributed by atoms with van der Waals surface area (Å²) < 4.78 is 6.86. The van der Waals surface area contributed by atoms with Gasteiger partial charge in [-0.3, -0.25) is 14.2 Å². The Kier molecular flexibility index (Phi) is 4.94. The highest BCUT2D eigenvalue weighted by Crippen LogP contribution is 2.19. The third-order valence-corrected chi connectivity index (χ3v) is 3.33. The Morgan fingerprint density at radius 3 is 2.86 bits per heavy atom. The van der Waals surface area contributed by atoms with Gasteiger partial charge < -0.3 is 9.84 Å². The van der Waals surface area contributed by atoms with Gasteiger partial charge in [0, 0.05) is 18.3 Å². The van der Waals surface area contributed by atoms with Gasteiger partial charge in [0.05, 0.1) is 24.2 Å². The topological polar surface area (TPSA) is 94.3 Å². The van der Waals surface area contributed by atoms with Gasteiger partial charge in [-0.15, -0.1) is 0 Å². The van der Waals surface area contributed by atoms with E-state index < -0.39 is 11.5 Å². The molecule has 2 heterocycles. The number of ether oxygens (including phenoxy) is 1. The minimum absolute atomic E-state index is 0.180. The van der Waals surface area contributed by atoms with Gasteiger partial charge in [-0.2, -0.15) is 4.98 Å². The number of rotatable bonds is 6. The van der Waals surface area contributed by atoms with Crippen LogP contribution >= 0.6 is 11.8 Å². The highest BCUT2D eigenvalue weighted by molar-refractivity contribution is 7.99. The molecular formula is C13H13N3O4S. The summed E-state index contributed by atoms with van der Waals surface area (Å²) in [5, 5.41) is 9.04. The van der Waals surface area contributed by atoms with Crippen LogP contribution in [0.25, 0.3) is 5.69 Å². The fourth-order valence-electron chi connectivity index (χ4n) is 1.56. The fraction of sp³-hybridized carbons (Fsp3) is 0.231. The molecule has 0 aliphatic heterocycles. The summed E-state index contributed by atoms with van der Waals surface area (Å²) in [5.74, 6) is -0.662. The van der Waals surface area contributed by atoms with Crippen LogP contribution in [0.15, 0.2) is 40.5 Å². The second kappa shape index (κ2) is 6.89. The quantitative estimate of drug-likeness (QED) is 0.633. The third-order valence-electron chi connectivity index (χ3n) is 2.39. The van der Waals surface area contributed by atoms with Crippen LogP contribution in [0.5, 0.6) is 5.88 Å². The van der Waals surface area contributed by atoms with Crippen molar-refractivity contribution < 1.29 is 14.6 Å². The largest absolute Gasteiger partial charge is 0.481 e. The summed E-state index contributed by atoms with van der Waals surface area (Å²) in [6, 6.07) is 4.76. The molecule has 7 nitrogen and oxygen atoms in total. The van der Waals surface area contributed by atoms with Gasteiger partial charge in [-0.25, -0.2) is 4.98 Å². The number of thioether (sulfide) groups is 1. The molecule has 0 spiro atoms. The van der Waals surface area contributed by atoms with Crippen molar-refractivity contribution in [3.63, 3.8) is 0 Å². The first-order valence-electron chi connectivity index (χ1n) is 6.13. The molecule has 0 aliphatic carbocycles. The number of carbonyl (C=O) groups is 1. The van der Waals surface area contributed by atoms with Gasteiger partial charge in [-0.05, 0) is 13.0 Å². The number of hydrogen-bond acceptors (Lipinski definition) is 6. The molecule has 0 radical (unpaired) electrons. The molecule has 0 bridgehead atoms. The van der Waals surface area contributed by atoms with Crippen molar-refractivity contribution >= 4 is 17.7 Å². The maximum absolute atomic E-state index is 11.3. The van der Waals surface area contributed by atoms with Crippen molar-refractivity contribution in [1.82, 2.24) is 14.5 Å². The van der Waals surface area contributed by atoms with Crippen molar-refractivity contribution in [2.75, 3.05) is 12.4 Å². The maximum Gasteiger partial charge on any atom is 0.313 e. The molecule has 0 unspecified atom stereocenters. The fourth-order valence-corrected chi connectivity index (χ4v) is 2.27. The lowest BCUT2D eigenvalue weighted by molar-refractivity contribution is -0.133. The summed E-state index contributed by atoms with van der Waals surface area (Å²) in [4.78, 5) is 30.0. The molecule has 110 valence electrons. The van der Waals surface area contributed by atoms with Crippen LogP contribution in [-0.2, 0) is 4.79 Å². The molecule has 2 rings (SSSR count). The molecule has 0 atom stereocenters. The summed E-state index contributed by atoms with van der Waals surface area (Å²) in [6.07, 6.45) is 3.11. The lowest BCUT2D eigenvalue weighted by Gasteiger charge is -2.11. The average Bonchev–Trinajstić information content (AvgIpc) is 2.46. The highest BCUT2D eigenvalue weighted by Gasteiger charge is 2.09. The minimum atomic E-state index is -0.977. The predicted octanol–water partition coefficient (Wildman–Crippen LogP) is 1.20. The summed E-state index contributed by atoms with van der Waals surface area (Å²) in [7, 11) is 0. The lowest BCUT2D eigenvalue weighted by Crippen LogP contribution is -2.13. The van der Waals surface area contributed by atoms with Crippen LogP contribution in [0.4, 0.5) is 0 Å². The standard InChI is InChI=1S/C13H13N3O4S/c1-2-20-11-4-3-9(7-14-11)16-6-5-10(17)15-13(16)21-8-12(18)19/h3-7H,2,8H2,1H3,(H,18,19). The smallest absolute Gasteiger partial charge is 0.313 e. The monoisotopic (exact) mass is 307 g/mol. The van der Waals surface area contributed by atoms with Crippen LogP contribution < -0.4 is 10.3 Å². The van der Waals surface area contributed by atoms with E-state index in [4.69, 9.17) is 9.84 Å². The van der Waals surface area contributed by atoms with Crippen molar-refractivity contribution in [2.24, 2.45) is 0 Å². The number of pyridine rings is 1. The van der Waals surface area contributed by atoms with Crippen LogP contribution in [0.1, 0.15) is 6.92 Å². The molecule has 2 aromatic rings. The van der Waals surface area contributed by atoms with E-state index in [-0.39, 0.29) is 5.75 Å². The molecule has 0 fully saturated rings. The average molecular weight is 307 g/mol. The predicted molar refractivity (Wildman–Crippen MR) is 77.2 cm³/mol. The van der Waals surface area contributed by atoms with Gasteiger partial charge in [0.25, 0.3) is 5.56 Å². The molecular weight excluding hydrogens is 294 g/mol. The van der Waals surface area contributed by atoms with E-state index in [1.165, 1.54) is 12.3 Å². The van der Waals surface area contributed by atoms with E-state index in [1.54, 1.807) is 22.9 Å². The Bertz CT molecular complexity index is 685. The Hall–Kier alpha value is -2.35. The third kappa shape index (κ3) is 4.06. The molecule has 0 aliphatic rings. The van der Waals surface area contributed by atoms with Crippen LogP contribution in [0.2, 0.25) is 0 Å². The van der Waals surface area contributed by atoms with E-state index in [0.717, 1.165) is 11.8 Å². The molecule has 21 heavy (non-hydrogen) atoms. The number of carboxylic acids is 1. The number of hydrogen-bond donors (Lipinski definition) is 1. The van der Waals surface area contributed by atoms with Crippen molar-refractivity contribution in [3.05, 3.63) is 40.9 Å². The number of aromatic nitrogens is 3. The van der Waals surface area contributed by atoms with E-state index in [0.29, 0.717) is 23.3 Å². The summed E-state index contributed by atoms with van der Waals surface area (Å²) in [5.41, 5.74) is 0.247. The first-order chi connectivity index (χ1) is 10.1.